The molecule has 188 valence electrons. The molecule has 10 heteroatoms. The highest BCUT2D eigenvalue weighted by Gasteiger charge is 2.38. The molecular formula is C25H31ClN4O5. The second-order valence-corrected chi connectivity index (χ2v) is 8.52. The molecule has 9 nitrogen and oxygen atoms in total. The third-order valence-electron chi connectivity index (χ3n) is 6.08. The molecule has 0 aromatic heterocycles. The molecule has 0 bridgehead atoms. The number of nitrogen functional groups attached to an aromatic ring is 1. The van der Waals surface area contributed by atoms with Gasteiger partial charge < -0.3 is 21.5 Å². The van der Waals surface area contributed by atoms with Gasteiger partial charge in [0.1, 0.15) is 12.1 Å². The van der Waals surface area contributed by atoms with E-state index in [9.17, 15) is 24.3 Å². The predicted molar refractivity (Wildman–Crippen MR) is 135 cm³/mol. The van der Waals surface area contributed by atoms with Crippen molar-refractivity contribution in [3.05, 3.63) is 59.7 Å². The van der Waals surface area contributed by atoms with E-state index in [2.05, 4.69) is 10.6 Å². The van der Waals surface area contributed by atoms with Crippen molar-refractivity contribution in [3.63, 3.8) is 0 Å². The number of rotatable bonds is 9. The number of nitrogens with one attached hydrogen (secondary N) is 2. The van der Waals surface area contributed by atoms with Gasteiger partial charge in [-0.1, -0.05) is 50.6 Å². The standard InChI is InChI=1S/C25H30N4O5.ClH/c1-3-15(2)23(28-21(30)11-16-7-5-4-6-8-16)24(32)27-14-22(31)29-19-10-9-18(26)12-17(19)13-20(29)25(33)34;/h4-10,12,15,20,23H,3,11,13-14,26H2,1-2H3,(H,27,32)(H,28,30)(H,33,34);1H/t15-,20?,23-;/m0./s1. The van der Waals surface area contributed by atoms with Crippen LogP contribution < -0.4 is 21.3 Å². The van der Waals surface area contributed by atoms with Crippen molar-refractivity contribution in [2.24, 2.45) is 5.92 Å². The summed E-state index contributed by atoms with van der Waals surface area (Å²) < 4.78 is 0. The van der Waals surface area contributed by atoms with Gasteiger partial charge in [0.25, 0.3) is 0 Å². The molecule has 2 aromatic rings. The number of carbonyl (C=O) groups is 4. The van der Waals surface area contributed by atoms with Crippen molar-refractivity contribution in [2.45, 2.75) is 45.2 Å². The highest BCUT2D eigenvalue weighted by molar-refractivity contribution is 6.04. The van der Waals surface area contributed by atoms with Crippen LogP contribution >= 0.6 is 12.4 Å². The zero-order valence-corrected chi connectivity index (χ0v) is 20.5. The largest absolute Gasteiger partial charge is 0.480 e. The van der Waals surface area contributed by atoms with Crippen LogP contribution in [-0.2, 0) is 32.0 Å². The molecule has 0 aliphatic carbocycles. The summed E-state index contributed by atoms with van der Waals surface area (Å²) in [5.74, 6) is -2.65. The number of hydrogen-bond donors (Lipinski definition) is 4. The van der Waals surface area contributed by atoms with Crippen LogP contribution in [0.4, 0.5) is 11.4 Å². The van der Waals surface area contributed by atoms with Crippen LogP contribution in [0.5, 0.6) is 0 Å². The van der Waals surface area contributed by atoms with E-state index in [1.807, 2.05) is 44.2 Å². The van der Waals surface area contributed by atoms with E-state index in [0.717, 1.165) is 5.56 Å². The van der Waals surface area contributed by atoms with E-state index in [4.69, 9.17) is 5.73 Å². The first-order chi connectivity index (χ1) is 16.2. The van der Waals surface area contributed by atoms with Gasteiger partial charge >= 0.3 is 5.97 Å². The van der Waals surface area contributed by atoms with Gasteiger partial charge in [0, 0.05) is 17.8 Å². The second-order valence-electron chi connectivity index (χ2n) is 8.52. The molecule has 3 rings (SSSR count). The molecule has 0 saturated carbocycles. The van der Waals surface area contributed by atoms with Crippen molar-refractivity contribution in [3.8, 4) is 0 Å². The number of hydrogen-bond acceptors (Lipinski definition) is 5. The van der Waals surface area contributed by atoms with Gasteiger partial charge in [-0.15, -0.1) is 12.4 Å². The minimum Gasteiger partial charge on any atom is -0.480 e. The molecule has 3 amide bonds. The molecule has 1 aliphatic rings. The van der Waals surface area contributed by atoms with E-state index in [-0.39, 0.29) is 37.1 Å². The summed E-state index contributed by atoms with van der Waals surface area (Å²) in [5, 5.41) is 15.0. The fourth-order valence-corrected chi connectivity index (χ4v) is 4.04. The Bertz CT molecular complexity index is 1080. The summed E-state index contributed by atoms with van der Waals surface area (Å²) >= 11 is 0. The Morgan fingerprint density at radius 2 is 1.83 bits per heavy atom. The molecule has 2 aromatic carbocycles. The summed E-state index contributed by atoms with van der Waals surface area (Å²) in [6.07, 6.45) is 0.911. The predicted octanol–water partition coefficient (Wildman–Crippen LogP) is 1.92. The first kappa shape index (κ1) is 27.7. The Morgan fingerprint density at radius 1 is 1.14 bits per heavy atom. The lowest BCUT2D eigenvalue weighted by Gasteiger charge is -2.26. The van der Waals surface area contributed by atoms with Crippen molar-refractivity contribution < 1.29 is 24.3 Å². The van der Waals surface area contributed by atoms with Crippen LogP contribution in [0, 0.1) is 5.92 Å². The number of carboxylic acid groups (broad SMARTS) is 1. The maximum atomic E-state index is 13.0. The van der Waals surface area contributed by atoms with E-state index in [1.54, 1.807) is 18.2 Å². The Balaban J connectivity index is 0.00000432. The van der Waals surface area contributed by atoms with Gasteiger partial charge in [0.2, 0.25) is 17.7 Å². The SMILES string of the molecule is CC[C@H](C)[C@H](NC(=O)Cc1ccccc1)C(=O)NCC(=O)N1c2ccc(N)cc2CC1C(=O)O.Cl. The minimum absolute atomic E-state index is 0. The van der Waals surface area contributed by atoms with Gasteiger partial charge in [-0.05, 0) is 35.2 Å². The third kappa shape index (κ3) is 6.73. The number of carbonyl (C=O) groups excluding carboxylic acids is 3. The molecule has 0 saturated heterocycles. The topological polar surface area (TPSA) is 142 Å². The average molecular weight is 503 g/mol. The number of halogens is 1. The lowest BCUT2D eigenvalue weighted by molar-refractivity contribution is -0.139. The fraction of sp³-hybridized carbons (Fsp3) is 0.360. The number of fused-ring (bicyclic) bond motifs is 1. The van der Waals surface area contributed by atoms with Crippen LogP contribution in [0.25, 0.3) is 0 Å². The summed E-state index contributed by atoms with van der Waals surface area (Å²) in [6.45, 7) is 3.36. The molecule has 0 spiro atoms. The quantitative estimate of drug-likeness (QED) is 0.386. The molecule has 1 heterocycles. The van der Waals surface area contributed by atoms with Gasteiger partial charge in [0.15, 0.2) is 0 Å². The van der Waals surface area contributed by atoms with Crippen LogP contribution in [0.3, 0.4) is 0 Å². The monoisotopic (exact) mass is 502 g/mol. The van der Waals surface area contributed by atoms with Gasteiger partial charge in [-0.2, -0.15) is 0 Å². The third-order valence-corrected chi connectivity index (χ3v) is 6.08. The number of benzene rings is 2. The smallest absolute Gasteiger partial charge is 0.327 e. The van der Waals surface area contributed by atoms with E-state index < -0.39 is 36.4 Å². The average Bonchev–Trinajstić information content (AvgIpc) is 3.20. The Kier molecular flexibility index (Phi) is 9.65. The molecule has 0 fully saturated rings. The molecule has 3 atom stereocenters. The summed E-state index contributed by atoms with van der Waals surface area (Å²) in [7, 11) is 0. The number of amides is 3. The number of aliphatic carboxylic acids is 1. The molecular weight excluding hydrogens is 472 g/mol. The number of carboxylic acids is 1. The second kappa shape index (κ2) is 12.2. The van der Waals surface area contributed by atoms with Crippen LogP contribution in [-0.4, -0.2) is 47.4 Å². The highest BCUT2D eigenvalue weighted by Crippen LogP contribution is 2.33. The lowest BCUT2D eigenvalue weighted by Crippen LogP contribution is -2.53. The Labute approximate surface area is 210 Å². The van der Waals surface area contributed by atoms with Crippen LogP contribution in [0.15, 0.2) is 48.5 Å². The van der Waals surface area contributed by atoms with E-state index in [0.29, 0.717) is 23.4 Å². The van der Waals surface area contributed by atoms with Crippen molar-refractivity contribution >= 4 is 47.5 Å². The zero-order valence-electron chi connectivity index (χ0n) is 19.7. The normalized spacial score (nSPS) is 15.8. The van der Waals surface area contributed by atoms with Crippen molar-refractivity contribution in [1.82, 2.24) is 10.6 Å². The summed E-state index contributed by atoms with van der Waals surface area (Å²) in [5.41, 5.74) is 8.23. The Hall–Kier alpha value is -3.59. The van der Waals surface area contributed by atoms with Gasteiger partial charge in [0.05, 0.1) is 13.0 Å². The molecule has 35 heavy (non-hydrogen) atoms. The molecule has 1 aliphatic heterocycles. The summed E-state index contributed by atoms with van der Waals surface area (Å²) in [6, 6.07) is 12.2. The maximum Gasteiger partial charge on any atom is 0.327 e. The first-order valence-electron chi connectivity index (χ1n) is 11.3. The van der Waals surface area contributed by atoms with Crippen LogP contribution in [0.1, 0.15) is 31.4 Å². The molecule has 0 radical (unpaired) electrons. The van der Waals surface area contributed by atoms with Gasteiger partial charge in [-0.3, -0.25) is 19.3 Å². The number of nitrogens with two attached hydrogens (primary N) is 1. The zero-order chi connectivity index (χ0) is 24.8. The number of anilines is 2. The Morgan fingerprint density at radius 3 is 2.46 bits per heavy atom. The fourth-order valence-electron chi connectivity index (χ4n) is 4.04. The van der Waals surface area contributed by atoms with Gasteiger partial charge in [-0.25, -0.2) is 4.79 Å². The maximum absolute atomic E-state index is 13.0. The van der Waals surface area contributed by atoms with Crippen LogP contribution in [0.2, 0.25) is 0 Å². The first-order valence-corrected chi connectivity index (χ1v) is 11.3. The van der Waals surface area contributed by atoms with E-state index >= 15 is 0 Å². The highest BCUT2D eigenvalue weighted by atomic mass is 35.5. The van der Waals surface area contributed by atoms with Crippen molar-refractivity contribution in [1.29, 1.82) is 0 Å². The van der Waals surface area contributed by atoms with E-state index in [1.165, 1.54) is 4.90 Å². The lowest BCUT2D eigenvalue weighted by atomic mass is 9.98. The molecule has 1 unspecified atom stereocenters. The number of nitrogens with zero attached hydrogens (tertiary/aromatic N) is 1. The minimum atomic E-state index is -1.14. The van der Waals surface area contributed by atoms with Crippen molar-refractivity contribution in [2.75, 3.05) is 17.2 Å². The molecule has 5 N–H and O–H groups in total. The summed E-state index contributed by atoms with van der Waals surface area (Å²) in [4.78, 5) is 51.4.